The second-order valence-corrected chi connectivity index (χ2v) is 14.2. The molecule has 2 N–H and O–H groups in total. The Kier molecular flexibility index (Phi) is 8.48. The average Bonchev–Trinajstić information content (AvgIpc) is 3.70. The summed E-state index contributed by atoms with van der Waals surface area (Å²) in [5, 5.41) is 0.866. The molecule has 7 nitrogen and oxygen atoms in total. The fourth-order valence-corrected chi connectivity index (χ4v) is 7.59. The van der Waals surface area contributed by atoms with Gasteiger partial charge in [-0.2, -0.15) is 0 Å². The van der Waals surface area contributed by atoms with Crippen LogP contribution < -0.4 is 5.73 Å². The number of halogens is 2. The Morgan fingerprint density at radius 2 is 1.79 bits per heavy atom. The largest absolute Gasteiger partial charge is 0.370 e. The number of amides is 2. The number of carbonyl (C=O) groups is 2. The molecular formula is C28H35Cl2N3O4S. The van der Waals surface area contributed by atoms with Crippen molar-refractivity contribution in [1.82, 2.24) is 9.21 Å². The van der Waals surface area contributed by atoms with E-state index in [0.29, 0.717) is 35.7 Å². The molecule has 206 valence electrons. The van der Waals surface area contributed by atoms with Gasteiger partial charge in [-0.1, -0.05) is 54.4 Å². The SMILES string of the molecule is C[C@@H](CCN(C)S(=O)(=O)C1CC1)N1C(=O)[C@@](C)(CC(N)=O)C[C@H](c2cccc(Cl)c2)[C@H]1c1ccc(Cl)cc1. The van der Waals surface area contributed by atoms with Gasteiger partial charge in [0.25, 0.3) is 0 Å². The van der Waals surface area contributed by atoms with E-state index in [-0.39, 0.29) is 42.1 Å². The molecule has 1 saturated carbocycles. The maximum atomic E-state index is 14.2. The van der Waals surface area contributed by atoms with Crippen LogP contribution >= 0.6 is 23.2 Å². The van der Waals surface area contributed by atoms with Crippen molar-refractivity contribution in [2.24, 2.45) is 11.1 Å². The van der Waals surface area contributed by atoms with E-state index in [0.717, 1.165) is 11.1 Å². The highest BCUT2D eigenvalue weighted by molar-refractivity contribution is 7.90. The van der Waals surface area contributed by atoms with Crippen LogP contribution in [0.15, 0.2) is 48.5 Å². The third kappa shape index (κ3) is 6.03. The minimum atomic E-state index is -3.33. The first kappa shape index (κ1) is 28.9. The minimum absolute atomic E-state index is 0.0879. The molecule has 2 aromatic carbocycles. The van der Waals surface area contributed by atoms with Crippen LogP contribution in [-0.4, -0.2) is 54.3 Å². The van der Waals surface area contributed by atoms with Gasteiger partial charge < -0.3 is 10.6 Å². The highest BCUT2D eigenvalue weighted by Crippen LogP contribution is 2.52. The standard InChI is InChI=1S/C28H35Cl2N3O4S/c1-18(13-14-32(3)38(36,37)23-11-12-23)33-26(19-7-9-21(29)10-8-19)24(20-5-4-6-22(30)15-20)16-28(2,27(33)35)17-25(31)34/h4-10,15,18,23-24,26H,11-14,16-17H2,1-3H3,(H2,31,34)/t18-,24+,26+,28+/m0/s1. The molecule has 4 rings (SSSR count). The van der Waals surface area contributed by atoms with Crippen molar-refractivity contribution in [1.29, 1.82) is 0 Å². The number of sulfonamides is 1. The van der Waals surface area contributed by atoms with Gasteiger partial charge in [0, 0.05) is 42.0 Å². The van der Waals surface area contributed by atoms with E-state index in [1.54, 1.807) is 32.2 Å². The zero-order valence-corrected chi connectivity index (χ0v) is 24.3. The molecule has 0 spiro atoms. The number of hydrogen-bond acceptors (Lipinski definition) is 4. The van der Waals surface area contributed by atoms with Gasteiger partial charge in [0.15, 0.2) is 0 Å². The Hall–Kier alpha value is -2.13. The number of hydrogen-bond donors (Lipinski definition) is 1. The van der Waals surface area contributed by atoms with Crippen molar-refractivity contribution in [2.45, 2.75) is 69.2 Å². The fourth-order valence-electron chi connectivity index (χ4n) is 5.67. The number of carbonyl (C=O) groups excluding carboxylic acids is 2. The van der Waals surface area contributed by atoms with Crippen molar-refractivity contribution < 1.29 is 18.0 Å². The van der Waals surface area contributed by atoms with Crippen molar-refractivity contribution in [2.75, 3.05) is 13.6 Å². The minimum Gasteiger partial charge on any atom is -0.370 e. The number of benzene rings is 2. The number of piperidine rings is 1. The molecule has 0 unspecified atom stereocenters. The van der Waals surface area contributed by atoms with Crippen LogP contribution in [-0.2, 0) is 19.6 Å². The normalized spacial score (nSPS) is 25.0. The highest BCUT2D eigenvalue weighted by Gasteiger charge is 2.51. The van der Waals surface area contributed by atoms with Crippen molar-refractivity contribution in [3.8, 4) is 0 Å². The Morgan fingerprint density at radius 3 is 2.37 bits per heavy atom. The van der Waals surface area contributed by atoms with Crippen molar-refractivity contribution >= 4 is 45.0 Å². The zero-order chi connectivity index (χ0) is 27.8. The maximum absolute atomic E-state index is 14.2. The van der Waals surface area contributed by atoms with Crippen LogP contribution in [0.2, 0.25) is 10.0 Å². The molecule has 0 radical (unpaired) electrons. The van der Waals surface area contributed by atoms with Crippen LogP contribution in [0.3, 0.4) is 0 Å². The van der Waals surface area contributed by atoms with E-state index in [1.807, 2.05) is 42.2 Å². The topological polar surface area (TPSA) is 101 Å². The number of likely N-dealkylation sites (tertiary alicyclic amines) is 1. The molecule has 1 saturated heterocycles. The van der Waals surface area contributed by atoms with Crippen LogP contribution in [0.1, 0.15) is 69.0 Å². The van der Waals surface area contributed by atoms with Gasteiger partial charge in [-0.3, -0.25) is 9.59 Å². The van der Waals surface area contributed by atoms with Crippen molar-refractivity contribution in [3.63, 3.8) is 0 Å². The number of rotatable bonds is 10. The predicted molar refractivity (Wildman–Crippen MR) is 150 cm³/mol. The van der Waals surface area contributed by atoms with E-state index >= 15 is 0 Å². The number of primary amides is 1. The Labute approximate surface area is 235 Å². The van der Waals surface area contributed by atoms with E-state index in [9.17, 15) is 18.0 Å². The van der Waals surface area contributed by atoms with E-state index in [1.165, 1.54) is 4.31 Å². The summed E-state index contributed by atoms with van der Waals surface area (Å²) < 4.78 is 26.9. The summed E-state index contributed by atoms with van der Waals surface area (Å²) in [6, 6.07) is 14.3. The Balaban J connectivity index is 1.76. The van der Waals surface area contributed by atoms with Crippen LogP contribution in [0.4, 0.5) is 0 Å². The zero-order valence-electron chi connectivity index (χ0n) is 21.9. The summed E-state index contributed by atoms with van der Waals surface area (Å²) in [6.45, 7) is 4.01. The number of nitrogens with zero attached hydrogens (tertiary/aromatic N) is 2. The lowest BCUT2D eigenvalue weighted by Gasteiger charge is -2.51. The van der Waals surface area contributed by atoms with Gasteiger partial charge >= 0.3 is 0 Å². The summed E-state index contributed by atoms with van der Waals surface area (Å²) >= 11 is 12.6. The predicted octanol–water partition coefficient (Wildman–Crippen LogP) is 5.13. The molecule has 2 aliphatic rings. The van der Waals surface area contributed by atoms with Gasteiger partial charge in [-0.05, 0) is 68.0 Å². The quantitative estimate of drug-likeness (QED) is 0.421. The molecular weight excluding hydrogens is 545 g/mol. The lowest BCUT2D eigenvalue weighted by molar-refractivity contribution is -0.156. The lowest BCUT2D eigenvalue weighted by Crippen LogP contribution is -2.56. The average molecular weight is 581 g/mol. The molecule has 10 heteroatoms. The van der Waals surface area contributed by atoms with Gasteiger partial charge in [0.05, 0.1) is 16.7 Å². The molecule has 1 heterocycles. The monoisotopic (exact) mass is 579 g/mol. The van der Waals surface area contributed by atoms with E-state index in [2.05, 4.69) is 0 Å². The molecule has 0 aromatic heterocycles. The smallest absolute Gasteiger partial charge is 0.229 e. The maximum Gasteiger partial charge on any atom is 0.229 e. The van der Waals surface area contributed by atoms with Gasteiger partial charge in [-0.25, -0.2) is 12.7 Å². The van der Waals surface area contributed by atoms with Crippen LogP contribution in [0.5, 0.6) is 0 Å². The fraction of sp³-hybridized carbons (Fsp3) is 0.500. The summed E-state index contributed by atoms with van der Waals surface area (Å²) in [5.74, 6) is -0.902. The number of nitrogens with two attached hydrogens (primary N) is 1. The van der Waals surface area contributed by atoms with Gasteiger partial charge in [-0.15, -0.1) is 0 Å². The third-order valence-corrected chi connectivity index (χ3v) is 10.7. The summed E-state index contributed by atoms with van der Waals surface area (Å²) in [4.78, 5) is 28.2. The molecule has 4 atom stereocenters. The molecule has 1 aliphatic carbocycles. The van der Waals surface area contributed by atoms with Gasteiger partial charge in [0.1, 0.15) is 0 Å². The molecule has 38 heavy (non-hydrogen) atoms. The van der Waals surface area contributed by atoms with Crippen LogP contribution in [0, 0.1) is 5.41 Å². The van der Waals surface area contributed by atoms with E-state index < -0.39 is 21.3 Å². The molecule has 1 aliphatic heterocycles. The first-order valence-electron chi connectivity index (χ1n) is 12.9. The highest BCUT2D eigenvalue weighted by atomic mass is 35.5. The third-order valence-electron chi connectivity index (χ3n) is 7.87. The summed E-state index contributed by atoms with van der Waals surface area (Å²) in [7, 11) is -1.74. The lowest BCUT2D eigenvalue weighted by atomic mass is 9.67. The Bertz CT molecular complexity index is 1300. The second kappa shape index (κ2) is 11.2. The second-order valence-electron chi connectivity index (χ2n) is 11.0. The van der Waals surface area contributed by atoms with Crippen LogP contribution in [0.25, 0.3) is 0 Å². The Morgan fingerprint density at radius 1 is 1.13 bits per heavy atom. The summed E-state index contributed by atoms with van der Waals surface area (Å²) in [6.07, 6.45) is 2.14. The first-order chi connectivity index (χ1) is 17.8. The summed E-state index contributed by atoms with van der Waals surface area (Å²) in [5.41, 5.74) is 6.45. The van der Waals surface area contributed by atoms with E-state index in [4.69, 9.17) is 28.9 Å². The van der Waals surface area contributed by atoms with Crippen molar-refractivity contribution in [3.05, 3.63) is 69.7 Å². The molecule has 2 fully saturated rings. The molecule has 2 aromatic rings. The first-order valence-corrected chi connectivity index (χ1v) is 15.2. The molecule has 0 bridgehead atoms. The molecule has 2 amide bonds. The van der Waals surface area contributed by atoms with Gasteiger partial charge in [0.2, 0.25) is 21.8 Å².